The monoisotopic (exact) mass is 1970 g/mol. The van der Waals surface area contributed by atoms with Crippen LogP contribution in [0, 0.1) is 111 Å². The van der Waals surface area contributed by atoms with Crippen LogP contribution < -0.4 is 0 Å². The van der Waals surface area contributed by atoms with Crippen molar-refractivity contribution in [3.05, 3.63) is 499 Å². The summed E-state index contributed by atoms with van der Waals surface area (Å²) in [5.41, 5.74) is 18.1. The third-order valence-corrected chi connectivity index (χ3v) is 13.5. The summed E-state index contributed by atoms with van der Waals surface area (Å²) in [6.45, 7) is 96.3. The van der Waals surface area contributed by atoms with E-state index in [-0.39, 0.29) is 0 Å². The largest absolute Gasteiger partial charge is 0.265 e. The van der Waals surface area contributed by atoms with Gasteiger partial charge in [0.05, 0.1) is 11.4 Å². The van der Waals surface area contributed by atoms with Crippen molar-refractivity contribution in [3.8, 4) is 0 Å². The molecule has 8 heterocycles. The molecule has 0 unspecified atom stereocenters. The number of hydrogen-bond donors (Lipinski definition) is 0. The number of nitrogens with zero attached hydrogens (tertiary/aromatic N) is 13. The second-order valence-corrected chi connectivity index (χ2v) is 24.5. The maximum Gasteiger partial charge on any atom is 0.125 e. The SMILES string of the molecule is CC.CC.CC.CC.CC.CC.CC.CC.CC.CC.CC.CC.CC.CC.CC.CC.Cc1ccccc1.Cc1ccccc1.Cc1ccccc1.Cc1ccccc1.Cc1ccccc1.Cc1ccccc1.Cc1ccccc1.Cc1ccccc1.Cc1ccccn1.Cc1cccnc1.Cc1cccnn1.Cc1ccncc1.Cc1ccncn1.Cc1cnccn1.Cc1cncnc1.Cc1ncccn1. The van der Waals surface area contributed by atoms with Gasteiger partial charge in [0.1, 0.15) is 18.5 Å². The number of rotatable bonds is 0. The van der Waals surface area contributed by atoms with Gasteiger partial charge in [-0.05, 0) is 182 Å². The van der Waals surface area contributed by atoms with Gasteiger partial charge in [-0.3, -0.25) is 24.9 Å². The molecule has 8 aromatic carbocycles. The first-order chi connectivity index (χ1) is 70.3. The van der Waals surface area contributed by atoms with Crippen LogP contribution in [0.15, 0.2) is 409 Å². The van der Waals surface area contributed by atoms with Gasteiger partial charge in [-0.25, -0.2) is 29.9 Å². The van der Waals surface area contributed by atoms with Crippen molar-refractivity contribution in [1.29, 1.82) is 0 Å². The van der Waals surface area contributed by atoms with Crippen LogP contribution in [0.3, 0.4) is 0 Å². The number of benzene rings is 8. The minimum atomic E-state index is 0.822. The Morgan fingerprint density at radius 2 is 0.368 bits per heavy atom. The molecule has 0 N–H and O–H groups in total. The highest BCUT2D eigenvalue weighted by atomic mass is 15.1. The van der Waals surface area contributed by atoms with Gasteiger partial charge in [-0.1, -0.05) is 521 Å². The van der Waals surface area contributed by atoms with Crippen LogP contribution in [0.1, 0.15) is 311 Å². The Bertz CT molecular complexity index is 3340. The highest BCUT2D eigenvalue weighted by Crippen LogP contribution is 1.99. The van der Waals surface area contributed by atoms with Crippen LogP contribution in [-0.4, -0.2) is 65.0 Å². The topological polar surface area (TPSA) is 168 Å². The fraction of sp³-hybridized carbons (Fsp3) is 0.366. The van der Waals surface area contributed by atoms with Crippen LogP contribution in [0.2, 0.25) is 0 Å². The summed E-state index contributed by atoms with van der Waals surface area (Å²) in [6, 6.07) is 103. The maximum atomic E-state index is 3.98. The van der Waals surface area contributed by atoms with Gasteiger partial charge >= 0.3 is 0 Å². The normalized spacial score (nSPS) is 7.44. The molecule has 0 aliphatic carbocycles. The van der Waals surface area contributed by atoms with E-state index < -0.39 is 0 Å². The Hall–Kier alpha value is -13.4. The van der Waals surface area contributed by atoms with Crippen molar-refractivity contribution < 1.29 is 0 Å². The second kappa shape index (κ2) is 163. The predicted molar refractivity (Wildman–Crippen MR) is 652 cm³/mol. The Balaban J connectivity index is -0.0000000850. The van der Waals surface area contributed by atoms with Gasteiger partial charge < -0.3 is 0 Å². The molecule has 0 aliphatic heterocycles. The molecule has 0 aliphatic rings. The predicted octanol–water partition coefficient (Wildman–Crippen LogP) is 40.5. The first kappa shape index (κ1) is 167. The highest BCUT2D eigenvalue weighted by molar-refractivity contribution is 5.18. The molecule has 16 rings (SSSR count). The Morgan fingerprint density at radius 3 is 0.493 bits per heavy atom. The van der Waals surface area contributed by atoms with Crippen molar-refractivity contribution in [1.82, 2.24) is 65.0 Å². The molecular weight excluding hydrogens is 1760 g/mol. The van der Waals surface area contributed by atoms with E-state index in [1.54, 1.807) is 86.6 Å². The van der Waals surface area contributed by atoms with Crippen molar-refractivity contribution >= 4 is 0 Å². The van der Waals surface area contributed by atoms with E-state index in [0.717, 1.165) is 34.2 Å². The van der Waals surface area contributed by atoms with E-state index >= 15 is 0 Å². The number of aryl methyl sites for hydroxylation is 16. The molecule has 0 amide bonds. The van der Waals surface area contributed by atoms with E-state index in [4.69, 9.17) is 0 Å². The fourth-order valence-electron chi connectivity index (χ4n) is 7.45. The highest BCUT2D eigenvalue weighted by Gasteiger charge is 1.83. The lowest BCUT2D eigenvalue weighted by molar-refractivity contribution is 0.980. The quantitative estimate of drug-likeness (QED) is 0.141. The average molecular weight is 1970 g/mol. The molecule has 0 spiro atoms. The van der Waals surface area contributed by atoms with E-state index in [0.29, 0.717) is 0 Å². The minimum absolute atomic E-state index is 0.822. The van der Waals surface area contributed by atoms with Crippen molar-refractivity contribution in [2.75, 3.05) is 0 Å². The third kappa shape index (κ3) is 159. The Labute approximate surface area is 890 Å². The molecule has 0 fully saturated rings. The summed E-state index contributed by atoms with van der Waals surface area (Å²) in [6.07, 6.45) is 27.5. The van der Waals surface area contributed by atoms with Gasteiger partial charge in [-0.2, -0.15) is 10.2 Å². The molecule has 0 bridgehead atoms. The standard InChI is InChI=1S/8C7H8.3C6H7N.5C5H6N2.16C2H6/c8*1-7-5-3-2-4-6-7;1-6-2-4-7-5-3-6;1-6-3-2-4-7-5-6;1-6-4-2-3-5-7-6;1-5-2-6-4-7-3-5;1-5-4-6-2-3-7-5;1-5-2-3-6-4-7-5;1-5-6-3-2-4-7-5;1-5-3-2-4-6-7-5;16*1-2/h8*2-6H,1H3;3*2-5H,1H3;5*2-4H,1H3;16*1-2H3. The Morgan fingerprint density at radius 1 is 0.125 bits per heavy atom. The molecule has 0 saturated carbocycles. The van der Waals surface area contributed by atoms with Crippen LogP contribution in [-0.2, 0) is 0 Å². The van der Waals surface area contributed by atoms with Gasteiger partial charge in [0, 0.05) is 98.1 Å². The molecule has 13 heteroatoms. The lowest BCUT2D eigenvalue weighted by atomic mass is 10.2. The van der Waals surface area contributed by atoms with Crippen molar-refractivity contribution in [3.63, 3.8) is 0 Å². The van der Waals surface area contributed by atoms with Crippen molar-refractivity contribution in [2.24, 2.45) is 0 Å². The number of pyridine rings is 3. The summed E-state index contributed by atoms with van der Waals surface area (Å²) in [5.74, 6) is 0.822. The van der Waals surface area contributed by atoms with Crippen LogP contribution >= 0.6 is 0 Å². The molecule has 8 aromatic heterocycles. The zero-order chi connectivity index (χ0) is 114. The van der Waals surface area contributed by atoms with Gasteiger partial charge in [0.2, 0.25) is 0 Å². The minimum Gasteiger partial charge on any atom is -0.265 e. The first-order valence-corrected chi connectivity index (χ1v) is 52.7. The van der Waals surface area contributed by atoms with Crippen molar-refractivity contribution in [2.45, 2.75) is 332 Å². The summed E-state index contributed by atoms with van der Waals surface area (Å²) in [7, 11) is 0. The molecular formula is C131H211N13. The summed E-state index contributed by atoms with van der Waals surface area (Å²) in [4.78, 5) is 42.3. The Kier molecular flexibility index (Phi) is 189. The fourth-order valence-corrected chi connectivity index (χ4v) is 7.45. The number of aromatic nitrogens is 13. The summed E-state index contributed by atoms with van der Waals surface area (Å²) < 4.78 is 0. The van der Waals surface area contributed by atoms with Crippen LogP contribution in [0.25, 0.3) is 0 Å². The van der Waals surface area contributed by atoms with E-state index in [2.05, 4.69) is 217 Å². The summed E-state index contributed by atoms with van der Waals surface area (Å²) >= 11 is 0. The van der Waals surface area contributed by atoms with E-state index in [1.165, 1.54) is 68.3 Å². The van der Waals surface area contributed by atoms with Gasteiger partial charge in [-0.15, -0.1) is 0 Å². The first-order valence-electron chi connectivity index (χ1n) is 52.7. The molecule has 16 aromatic rings. The third-order valence-electron chi connectivity index (χ3n) is 13.5. The lowest BCUT2D eigenvalue weighted by Crippen LogP contribution is -1.80. The summed E-state index contributed by atoms with van der Waals surface area (Å²) in [5, 5.41) is 7.36. The second-order valence-electron chi connectivity index (χ2n) is 24.5. The molecule has 800 valence electrons. The van der Waals surface area contributed by atoms with Crippen LogP contribution in [0.5, 0.6) is 0 Å². The molecule has 0 saturated heterocycles. The average Bonchev–Trinajstić information content (AvgIpc) is 1.17. The lowest BCUT2D eigenvalue weighted by Gasteiger charge is -1.82. The van der Waals surface area contributed by atoms with Gasteiger partial charge in [0.25, 0.3) is 0 Å². The smallest absolute Gasteiger partial charge is 0.125 e. The van der Waals surface area contributed by atoms with Crippen LogP contribution in [0.4, 0.5) is 0 Å². The zero-order valence-electron chi connectivity index (χ0n) is 100. The van der Waals surface area contributed by atoms with Gasteiger partial charge in [0.15, 0.2) is 0 Å². The molecule has 144 heavy (non-hydrogen) atoms. The molecule has 0 atom stereocenters. The zero-order valence-corrected chi connectivity index (χ0v) is 100. The molecule has 0 radical (unpaired) electrons. The number of hydrogen-bond acceptors (Lipinski definition) is 13. The van der Waals surface area contributed by atoms with E-state index in [9.17, 15) is 0 Å². The maximum absolute atomic E-state index is 3.98. The molecule has 13 nitrogen and oxygen atoms in total. The van der Waals surface area contributed by atoms with E-state index in [1.807, 2.05) is 489 Å².